The van der Waals surface area contributed by atoms with Crippen molar-refractivity contribution in [2.45, 2.75) is 13.8 Å². The minimum atomic E-state index is -0.403. The molecule has 6 nitrogen and oxygen atoms in total. The molecule has 0 unspecified atom stereocenters. The van der Waals surface area contributed by atoms with Gasteiger partial charge in [-0.15, -0.1) is 0 Å². The van der Waals surface area contributed by atoms with E-state index in [-0.39, 0.29) is 12.5 Å². The zero-order chi connectivity index (χ0) is 17.4. The van der Waals surface area contributed by atoms with Gasteiger partial charge in [-0.2, -0.15) is 0 Å². The number of ether oxygens (including phenoxy) is 2. The first-order valence-corrected chi connectivity index (χ1v) is 7.60. The van der Waals surface area contributed by atoms with Crippen molar-refractivity contribution >= 4 is 17.5 Å². The molecule has 6 heteroatoms. The van der Waals surface area contributed by atoms with Crippen LogP contribution in [0.4, 0.5) is 10.5 Å². The molecule has 0 atom stereocenters. The molecule has 2 amide bonds. The molecule has 2 N–H and O–H groups in total. The highest BCUT2D eigenvalue weighted by Crippen LogP contribution is 2.25. The van der Waals surface area contributed by atoms with E-state index in [4.69, 9.17) is 9.47 Å². The minimum Gasteiger partial charge on any atom is -0.490 e. The lowest BCUT2D eigenvalue weighted by molar-refractivity contribution is 0.101. The van der Waals surface area contributed by atoms with E-state index in [0.717, 1.165) is 0 Å². The number of para-hydroxylation sites is 2. The summed E-state index contributed by atoms with van der Waals surface area (Å²) in [5, 5.41) is 5.25. The highest BCUT2D eigenvalue weighted by Gasteiger charge is 2.06. The fraction of sp³-hybridized carbons (Fsp3) is 0.222. The number of amides is 2. The summed E-state index contributed by atoms with van der Waals surface area (Å²) < 4.78 is 10.9. The number of carbonyl (C=O) groups excluding carboxylic acids is 2. The maximum absolute atomic E-state index is 11.8. The van der Waals surface area contributed by atoms with Crippen molar-refractivity contribution in [2.24, 2.45) is 0 Å². The van der Waals surface area contributed by atoms with Gasteiger partial charge >= 0.3 is 6.03 Å². The number of hydrogen-bond donors (Lipinski definition) is 2. The molecule has 0 aliphatic rings. The molecule has 2 rings (SSSR count). The number of hydrogen-bond acceptors (Lipinski definition) is 4. The summed E-state index contributed by atoms with van der Waals surface area (Å²) in [7, 11) is 0. The predicted molar refractivity (Wildman–Crippen MR) is 91.7 cm³/mol. The Balaban J connectivity index is 1.82. The summed E-state index contributed by atoms with van der Waals surface area (Å²) >= 11 is 0. The summed E-state index contributed by atoms with van der Waals surface area (Å²) in [6, 6.07) is 13.5. The maximum atomic E-state index is 11.8. The molecular formula is C18H20N2O4. The van der Waals surface area contributed by atoms with Crippen LogP contribution in [0.25, 0.3) is 0 Å². The zero-order valence-corrected chi connectivity index (χ0v) is 13.7. The SMILES string of the molecule is CCOc1ccccc1OCNC(=O)Nc1ccc(C(C)=O)cc1. The Morgan fingerprint density at radius 3 is 2.17 bits per heavy atom. The average molecular weight is 328 g/mol. The van der Waals surface area contributed by atoms with E-state index in [1.54, 1.807) is 36.4 Å². The molecule has 2 aromatic carbocycles. The number of carbonyl (C=O) groups is 2. The van der Waals surface area contributed by atoms with Crippen molar-refractivity contribution in [3.05, 3.63) is 54.1 Å². The van der Waals surface area contributed by atoms with Crippen LogP contribution in [0, 0.1) is 0 Å². The van der Waals surface area contributed by atoms with E-state index in [9.17, 15) is 9.59 Å². The molecule has 0 saturated carbocycles. The Bertz CT molecular complexity index is 698. The first kappa shape index (κ1) is 17.3. The summed E-state index contributed by atoms with van der Waals surface area (Å²) in [5.74, 6) is 1.17. The molecule has 0 spiro atoms. The Morgan fingerprint density at radius 2 is 1.58 bits per heavy atom. The molecule has 0 radical (unpaired) electrons. The molecule has 0 heterocycles. The van der Waals surface area contributed by atoms with Crippen LogP contribution in [0.3, 0.4) is 0 Å². The van der Waals surface area contributed by atoms with Gasteiger partial charge in [-0.1, -0.05) is 12.1 Å². The Kier molecular flexibility index (Phi) is 6.19. The van der Waals surface area contributed by atoms with E-state index < -0.39 is 6.03 Å². The number of rotatable bonds is 7. The smallest absolute Gasteiger partial charge is 0.321 e. The molecule has 0 aromatic heterocycles. The summed E-state index contributed by atoms with van der Waals surface area (Å²) in [6.07, 6.45) is 0. The predicted octanol–water partition coefficient (Wildman–Crippen LogP) is 3.45. The number of urea groups is 1. The molecule has 0 saturated heterocycles. The lowest BCUT2D eigenvalue weighted by atomic mass is 10.1. The number of anilines is 1. The van der Waals surface area contributed by atoms with Crippen LogP contribution in [-0.4, -0.2) is 25.2 Å². The second kappa shape index (κ2) is 8.57. The van der Waals surface area contributed by atoms with Crippen LogP contribution in [0.15, 0.2) is 48.5 Å². The fourth-order valence-corrected chi connectivity index (χ4v) is 1.99. The van der Waals surface area contributed by atoms with Gasteiger partial charge in [-0.25, -0.2) is 4.79 Å². The standard InChI is InChI=1S/C18H20N2O4/c1-3-23-16-6-4-5-7-17(16)24-12-19-18(22)20-15-10-8-14(9-11-15)13(2)21/h4-11H,3,12H2,1-2H3,(H2,19,20,22). The van der Waals surface area contributed by atoms with Crippen molar-refractivity contribution in [2.75, 3.05) is 18.7 Å². The number of Topliss-reactive ketones (excluding diaryl/α,β-unsaturated/α-hetero) is 1. The normalized spacial score (nSPS) is 9.92. The Morgan fingerprint density at radius 1 is 0.958 bits per heavy atom. The number of nitrogens with one attached hydrogen (secondary N) is 2. The molecule has 0 aliphatic carbocycles. The van der Waals surface area contributed by atoms with Crippen LogP contribution >= 0.6 is 0 Å². The molecule has 0 fully saturated rings. The summed E-state index contributed by atoms with van der Waals surface area (Å²) in [4.78, 5) is 23.0. The average Bonchev–Trinajstić information content (AvgIpc) is 2.57. The van der Waals surface area contributed by atoms with Gasteiger partial charge < -0.3 is 20.1 Å². The topological polar surface area (TPSA) is 76.7 Å². The number of ketones is 1. The van der Waals surface area contributed by atoms with Crippen molar-refractivity contribution in [3.8, 4) is 11.5 Å². The van der Waals surface area contributed by atoms with Crippen molar-refractivity contribution in [1.82, 2.24) is 5.32 Å². The van der Waals surface area contributed by atoms with Gasteiger partial charge in [0.15, 0.2) is 24.0 Å². The minimum absolute atomic E-state index is 0.00144. The zero-order valence-electron chi connectivity index (χ0n) is 13.7. The third-order valence-corrected chi connectivity index (χ3v) is 3.16. The molecule has 0 aliphatic heterocycles. The van der Waals surface area contributed by atoms with Gasteiger partial charge in [0, 0.05) is 11.3 Å². The van der Waals surface area contributed by atoms with Gasteiger partial charge in [0.1, 0.15) is 0 Å². The van der Waals surface area contributed by atoms with Crippen LogP contribution in [0.1, 0.15) is 24.2 Å². The lowest BCUT2D eigenvalue weighted by Crippen LogP contribution is -2.32. The van der Waals surface area contributed by atoms with Crippen molar-refractivity contribution in [1.29, 1.82) is 0 Å². The molecule has 126 valence electrons. The van der Waals surface area contributed by atoms with E-state index in [1.165, 1.54) is 6.92 Å². The molecule has 24 heavy (non-hydrogen) atoms. The first-order valence-electron chi connectivity index (χ1n) is 7.60. The van der Waals surface area contributed by atoms with Gasteiger partial charge in [-0.05, 0) is 50.2 Å². The van der Waals surface area contributed by atoms with Crippen LogP contribution in [-0.2, 0) is 0 Å². The highest BCUT2D eigenvalue weighted by atomic mass is 16.5. The molecule has 2 aromatic rings. The van der Waals surface area contributed by atoms with E-state index in [2.05, 4.69) is 10.6 Å². The Hall–Kier alpha value is -3.02. The van der Waals surface area contributed by atoms with E-state index in [1.807, 2.05) is 19.1 Å². The monoisotopic (exact) mass is 328 g/mol. The van der Waals surface area contributed by atoms with Gasteiger partial charge in [-0.3, -0.25) is 4.79 Å². The summed E-state index contributed by atoms with van der Waals surface area (Å²) in [6.45, 7) is 3.92. The van der Waals surface area contributed by atoms with Gasteiger partial charge in [0.05, 0.1) is 6.61 Å². The second-order valence-electron chi connectivity index (χ2n) is 4.93. The van der Waals surface area contributed by atoms with Crippen molar-refractivity contribution < 1.29 is 19.1 Å². The van der Waals surface area contributed by atoms with Gasteiger partial charge in [0.25, 0.3) is 0 Å². The van der Waals surface area contributed by atoms with Crippen LogP contribution in [0.2, 0.25) is 0 Å². The first-order chi connectivity index (χ1) is 11.6. The third-order valence-electron chi connectivity index (χ3n) is 3.16. The third kappa shape index (κ3) is 5.01. The maximum Gasteiger partial charge on any atom is 0.321 e. The molecular weight excluding hydrogens is 308 g/mol. The largest absolute Gasteiger partial charge is 0.490 e. The summed E-state index contributed by atoms with van der Waals surface area (Å²) in [5.41, 5.74) is 1.18. The number of benzene rings is 2. The van der Waals surface area contributed by atoms with Crippen molar-refractivity contribution in [3.63, 3.8) is 0 Å². The van der Waals surface area contributed by atoms with E-state index in [0.29, 0.717) is 29.4 Å². The lowest BCUT2D eigenvalue weighted by Gasteiger charge is -2.12. The highest BCUT2D eigenvalue weighted by molar-refractivity contribution is 5.95. The van der Waals surface area contributed by atoms with Crippen LogP contribution in [0.5, 0.6) is 11.5 Å². The van der Waals surface area contributed by atoms with E-state index >= 15 is 0 Å². The quantitative estimate of drug-likeness (QED) is 0.603. The Labute approximate surface area is 140 Å². The fourth-order valence-electron chi connectivity index (χ4n) is 1.99. The van der Waals surface area contributed by atoms with Gasteiger partial charge in [0.2, 0.25) is 0 Å². The molecule has 0 bridgehead atoms. The van der Waals surface area contributed by atoms with Crippen LogP contribution < -0.4 is 20.1 Å². The second-order valence-corrected chi connectivity index (χ2v) is 4.93.